The number of nitrogens with zero attached hydrogens (tertiary/aromatic N) is 2. The van der Waals surface area contributed by atoms with Crippen LogP contribution in [0.4, 0.5) is 11.4 Å². The molecule has 1 aliphatic heterocycles. The molecule has 2 heterocycles. The van der Waals surface area contributed by atoms with Crippen LogP contribution in [0, 0.1) is 0 Å². The molecule has 3 aromatic rings. The first-order chi connectivity index (χ1) is 10.7. The number of H-pyrrole nitrogens is 1. The fraction of sp³-hybridized carbons (Fsp3) is 0.0667. The van der Waals surface area contributed by atoms with Crippen molar-refractivity contribution in [2.75, 3.05) is 10.6 Å². The van der Waals surface area contributed by atoms with Crippen molar-refractivity contribution in [2.24, 2.45) is 0 Å². The summed E-state index contributed by atoms with van der Waals surface area (Å²) in [7, 11) is 0. The lowest BCUT2D eigenvalue weighted by Crippen LogP contribution is -2.14. The van der Waals surface area contributed by atoms with Crippen LogP contribution in [0.3, 0.4) is 0 Å². The second-order valence-electron chi connectivity index (χ2n) is 5.04. The van der Waals surface area contributed by atoms with Crippen LogP contribution in [0.5, 0.6) is 0 Å². The molecule has 108 valence electrons. The molecule has 0 saturated heterocycles. The SMILES string of the molecule is O=C1Cc2c(cccc2C(=O)Nc2ccc3n[nH]nc3c2)N1. The van der Waals surface area contributed by atoms with E-state index >= 15 is 0 Å². The first kappa shape index (κ1) is 12.5. The molecule has 7 nitrogen and oxygen atoms in total. The van der Waals surface area contributed by atoms with Gasteiger partial charge in [-0.3, -0.25) is 9.59 Å². The van der Waals surface area contributed by atoms with Crippen molar-refractivity contribution < 1.29 is 9.59 Å². The summed E-state index contributed by atoms with van der Waals surface area (Å²) in [4.78, 5) is 23.9. The van der Waals surface area contributed by atoms with E-state index in [-0.39, 0.29) is 18.2 Å². The van der Waals surface area contributed by atoms with E-state index in [9.17, 15) is 9.59 Å². The minimum atomic E-state index is -0.254. The Labute approximate surface area is 124 Å². The average Bonchev–Trinajstić information content (AvgIpc) is 3.10. The number of rotatable bonds is 2. The Bertz CT molecular complexity index is 915. The number of aromatic amines is 1. The van der Waals surface area contributed by atoms with E-state index in [1.54, 1.807) is 36.4 Å². The lowest BCUT2D eigenvalue weighted by Gasteiger charge is -2.08. The fourth-order valence-electron chi connectivity index (χ4n) is 2.58. The van der Waals surface area contributed by atoms with Gasteiger partial charge in [-0.05, 0) is 35.9 Å². The number of aromatic nitrogens is 3. The molecule has 0 bridgehead atoms. The van der Waals surface area contributed by atoms with Crippen LogP contribution in [0.2, 0.25) is 0 Å². The Morgan fingerprint density at radius 1 is 1.14 bits per heavy atom. The standard InChI is InChI=1S/C15H11N5O2/c21-14-7-10-9(2-1-3-11(10)17-14)15(22)16-8-4-5-12-13(6-8)19-20-18-12/h1-6H,7H2,(H,16,22)(H,17,21)(H,18,19,20). The third-order valence-corrected chi connectivity index (χ3v) is 3.61. The first-order valence-corrected chi connectivity index (χ1v) is 6.74. The Hall–Kier alpha value is -3.22. The minimum absolute atomic E-state index is 0.0979. The van der Waals surface area contributed by atoms with Crippen LogP contribution in [0.25, 0.3) is 11.0 Å². The van der Waals surface area contributed by atoms with Gasteiger partial charge in [0.15, 0.2) is 0 Å². The molecule has 0 radical (unpaired) electrons. The number of carbonyl (C=O) groups is 2. The fourth-order valence-corrected chi connectivity index (χ4v) is 2.58. The highest BCUT2D eigenvalue weighted by atomic mass is 16.2. The van der Waals surface area contributed by atoms with Crippen molar-refractivity contribution >= 4 is 34.2 Å². The molecule has 0 atom stereocenters. The zero-order chi connectivity index (χ0) is 15.1. The van der Waals surface area contributed by atoms with E-state index in [1.165, 1.54) is 0 Å². The second kappa shape index (κ2) is 4.66. The number of hydrogen-bond donors (Lipinski definition) is 3. The number of carbonyl (C=O) groups excluding carboxylic acids is 2. The number of anilines is 2. The molecular weight excluding hydrogens is 282 g/mol. The van der Waals surface area contributed by atoms with E-state index in [4.69, 9.17) is 0 Å². The highest BCUT2D eigenvalue weighted by Gasteiger charge is 2.23. The van der Waals surface area contributed by atoms with Crippen molar-refractivity contribution in [3.8, 4) is 0 Å². The lowest BCUT2D eigenvalue weighted by molar-refractivity contribution is -0.115. The van der Waals surface area contributed by atoms with Gasteiger partial charge in [-0.15, -0.1) is 0 Å². The normalized spacial score (nSPS) is 13.0. The monoisotopic (exact) mass is 293 g/mol. The predicted octanol–water partition coefficient (Wildman–Crippen LogP) is 1.70. The van der Waals surface area contributed by atoms with Gasteiger partial charge < -0.3 is 10.6 Å². The molecule has 1 aromatic heterocycles. The molecule has 0 aliphatic carbocycles. The maximum atomic E-state index is 12.5. The van der Waals surface area contributed by atoms with E-state index in [1.807, 2.05) is 0 Å². The zero-order valence-corrected chi connectivity index (χ0v) is 11.4. The van der Waals surface area contributed by atoms with Crippen LogP contribution in [0.1, 0.15) is 15.9 Å². The van der Waals surface area contributed by atoms with Crippen LogP contribution in [-0.2, 0) is 11.2 Å². The number of hydrogen-bond acceptors (Lipinski definition) is 4. The van der Waals surface area contributed by atoms with E-state index in [0.717, 1.165) is 11.1 Å². The quantitative estimate of drug-likeness (QED) is 0.669. The third-order valence-electron chi connectivity index (χ3n) is 3.61. The highest BCUT2D eigenvalue weighted by Crippen LogP contribution is 2.27. The van der Waals surface area contributed by atoms with Crippen molar-refractivity contribution in [3.63, 3.8) is 0 Å². The molecule has 0 unspecified atom stereocenters. The Morgan fingerprint density at radius 3 is 2.91 bits per heavy atom. The summed E-state index contributed by atoms with van der Waals surface area (Å²) < 4.78 is 0. The summed E-state index contributed by atoms with van der Waals surface area (Å²) in [6.07, 6.45) is 0.223. The van der Waals surface area contributed by atoms with Gasteiger partial charge in [0.05, 0.1) is 6.42 Å². The molecule has 7 heteroatoms. The van der Waals surface area contributed by atoms with Crippen LogP contribution >= 0.6 is 0 Å². The van der Waals surface area contributed by atoms with E-state index in [2.05, 4.69) is 26.0 Å². The van der Waals surface area contributed by atoms with Crippen LogP contribution in [-0.4, -0.2) is 27.2 Å². The Morgan fingerprint density at radius 2 is 2.00 bits per heavy atom. The van der Waals surface area contributed by atoms with Gasteiger partial charge in [-0.1, -0.05) is 6.07 Å². The summed E-state index contributed by atoms with van der Waals surface area (Å²) in [6, 6.07) is 10.5. The zero-order valence-electron chi connectivity index (χ0n) is 11.4. The Kier molecular flexibility index (Phi) is 2.65. The third kappa shape index (κ3) is 1.99. The number of fused-ring (bicyclic) bond motifs is 2. The molecule has 3 N–H and O–H groups in total. The summed E-state index contributed by atoms with van der Waals surface area (Å²) in [5.41, 5.74) is 3.95. The molecule has 22 heavy (non-hydrogen) atoms. The highest BCUT2D eigenvalue weighted by molar-refractivity contribution is 6.10. The van der Waals surface area contributed by atoms with Gasteiger partial charge in [0.1, 0.15) is 11.0 Å². The maximum Gasteiger partial charge on any atom is 0.256 e. The second-order valence-corrected chi connectivity index (χ2v) is 5.04. The predicted molar refractivity (Wildman–Crippen MR) is 80.6 cm³/mol. The number of amides is 2. The van der Waals surface area contributed by atoms with Gasteiger partial charge in [-0.2, -0.15) is 15.4 Å². The first-order valence-electron chi connectivity index (χ1n) is 6.74. The van der Waals surface area contributed by atoms with Crippen LogP contribution < -0.4 is 10.6 Å². The molecular formula is C15H11N5O2. The van der Waals surface area contributed by atoms with Gasteiger partial charge in [0.2, 0.25) is 5.91 Å². The lowest BCUT2D eigenvalue weighted by atomic mass is 10.0. The van der Waals surface area contributed by atoms with Crippen LogP contribution in [0.15, 0.2) is 36.4 Å². The maximum absolute atomic E-state index is 12.5. The largest absolute Gasteiger partial charge is 0.326 e. The summed E-state index contributed by atoms with van der Waals surface area (Å²) in [6.45, 7) is 0. The molecule has 0 fully saturated rings. The van der Waals surface area contributed by atoms with E-state index < -0.39 is 0 Å². The molecule has 0 saturated carbocycles. The minimum Gasteiger partial charge on any atom is -0.326 e. The van der Waals surface area contributed by atoms with Crippen molar-refractivity contribution in [2.45, 2.75) is 6.42 Å². The number of benzene rings is 2. The average molecular weight is 293 g/mol. The topological polar surface area (TPSA) is 99.8 Å². The van der Waals surface area contributed by atoms with Crippen molar-refractivity contribution in [3.05, 3.63) is 47.5 Å². The molecule has 2 amide bonds. The smallest absolute Gasteiger partial charge is 0.256 e. The molecule has 1 aliphatic rings. The van der Waals surface area contributed by atoms with Gasteiger partial charge in [0, 0.05) is 16.9 Å². The molecule has 4 rings (SSSR count). The van der Waals surface area contributed by atoms with Gasteiger partial charge in [0.25, 0.3) is 5.91 Å². The summed E-state index contributed by atoms with van der Waals surface area (Å²) in [5, 5.41) is 16.0. The molecule has 2 aromatic carbocycles. The summed E-state index contributed by atoms with van der Waals surface area (Å²) >= 11 is 0. The Balaban J connectivity index is 1.65. The van der Waals surface area contributed by atoms with Crippen molar-refractivity contribution in [1.82, 2.24) is 15.4 Å². The van der Waals surface area contributed by atoms with Gasteiger partial charge in [-0.25, -0.2) is 0 Å². The van der Waals surface area contributed by atoms with E-state index in [0.29, 0.717) is 22.5 Å². The van der Waals surface area contributed by atoms with Gasteiger partial charge >= 0.3 is 0 Å². The van der Waals surface area contributed by atoms with Crippen molar-refractivity contribution in [1.29, 1.82) is 0 Å². The summed E-state index contributed by atoms with van der Waals surface area (Å²) in [5.74, 6) is -0.351. The molecule has 0 spiro atoms. The number of nitrogens with one attached hydrogen (secondary N) is 3.